The average Bonchev–Trinajstić information content (AvgIpc) is 2.39. The van der Waals surface area contributed by atoms with E-state index >= 15 is 0 Å². The van der Waals surface area contributed by atoms with Crippen molar-refractivity contribution in [3.05, 3.63) is 58.7 Å². The van der Waals surface area contributed by atoms with Gasteiger partial charge in [0.15, 0.2) is 0 Å². The van der Waals surface area contributed by atoms with E-state index in [0.717, 1.165) is 0 Å². The summed E-state index contributed by atoms with van der Waals surface area (Å²) in [6.45, 7) is 0. The van der Waals surface area contributed by atoms with Crippen molar-refractivity contribution < 1.29 is 18.9 Å². The van der Waals surface area contributed by atoms with Crippen LogP contribution in [0.2, 0.25) is 0 Å². The molecule has 1 aliphatic carbocycles. The third kappa shape index (κ3) is 3.19. The lowest BCUT2D eigenvalue weighted by Gasteiger charge is -2.21. The maximum Gasteiger partial charge on any atom is 0.388 e. The molecule has 0 heterocycles. The second kappa shape index (κ2) is 5.66. The maximum absolute atomic E-state index is 12.2. The quantitative estimate of drug-likeness (QED) is 0.398. The number of hydrogen-bond donors (Lipinski definition) is 1. The first kappa shape index (κ1) is 14.6. The molecule has 0 amide bonds. The van der Waals surface area contributed by atoms with Crippen molar-refractivity contribution in [1.82, 2.24) is 0 Å². The zero-order valence-corrected chi connectivity index (χ0v) is 11.8. The van der Waals surface area contributed by atoms with Gasteiger partial charge in [0.2, 0.25) is 0 Å². The van der Waals surface area contributed by atoms with Crippen LogP contribution in [0.5, 0.6) is 5.75 Å². The molecule has 0 saturated carbocycles. The molecule has 1 N–H and O–H groups in total. The molecule has 0 bridgehead atoms. The summed E-state index contributed by atoms with van der Waals surface area (Å²) in [5, 5.41) is 10.5. The zero-order valence-electron chi connectivity index (χ0n) is 10.1. The highest BCUT2D eigenvalue weighted by atomic mass is 32.1. The Bertz CT molecular complexity index is 652. The minimum atomic E-state index is -4.03. The van der Waals surface area contributed by atoms with Crippen molar-refractivity contribution in [2.24, 2.45) is 0 Å². The Morgan fingerprint density at radius 3 is 2.50 bits per heavy atom. The van der Waals surface area contributed by atoms with Crippen LogP contribution in [0.25, 0.3) is 0 Å². The van der Waals surface area contributed by atoms with E-state index in [1.807, 2.05) is 0 Å². The highest BCUT2D eigenvalue weighted by Crippen LogP contribution is 2.49. The Hall–Kier alpha value is -1.82. The average molecular weight is 311 g/mol. The molecule has 0 spiro atoms. The highest BCUT2D eigenvalue weighted by molar-refractivity contribution is 7.82. The molecular weight excluding hydrogens is 301 g/mol. The molecule has 0 aromatic heterocycles. The molecule has 1 aliphatic rings. The van der Waals surface area contributed by atoms with Crippen LogP contribution < -0.4 is 4.52 Å². The monoisotopic (exact) mass is 311 g/mol. The second-order valence-electron chi connectivity index (χ2n) is 4.00. The highest BCUT2D eigenvalue weighted by Gasteiger charge is 2.35. The molecule has 104 valence electrons. The van der Waals surface area contributed by atoms with Gasteiger partial charge >= 0.3 is 7.60 Å². The number of nitrogens with zero attached hydrogens (tertiary/aromatic N) is 1. The molecule has 6 nitrogen and oxygen atoms in total. The van der Waals surface area contributed by atoms with Crippen molar-refractivity contribution in [3.63, 3.8) is 0 Å². The molecule has 2 unspecified atom stereocenters. The fraction of sp³-hybridized carbons (Fsp3) is 0.0833. The molecule has 0 saturated heterocycles. The molecule has 0 aliphatic heterocycles. The van der Waals surface area contributed by atoms with Crippen molar-refractivity contribution in [1.29, 1.82) is 0 Å². The fourth-order valence-corrected chi connectivity index (χ4v) is 3.44. The lowest BCUT2D eigenvalue weighted by atomic mass is 10.2. The van der Waals surface area contributed by atoms with Gasteiger partial charge in [-0.25, -0.2) is 4.57 Å². The normalized spacial score (nSPS) is 20.4. The van der Waals surface area contributed by atoms with E-state index in [9.17, 15) is 19.6 Å². The molecule has 1 aromatic rings. The smallest absolute Gasteiger partial charge is 0.388 e. The Kier molecular flexibility index (Phi) is 4.13. The van der Waals surface area contributed by atoms with Crippen LogP contribution in [0, 0.1) is 10.1 Å². The van der Waals surface area contributed by atoms with Crippen molar-refractivity contribution in [2.75, 3.05) is 0 Å². The van der Waals surface area contributed by atoms with Gasteiger partial charge < -0.3 is 9.42 Å². The Morgan fingerprint density at radius 2 is 1.95 bits per heavy atom. The Balaban J connectivity index is 2.17. The van der Waals surface area contributed by atoms with E-state index in [2.05, 4.69) is 0 Å². The van der Waals surface area contributed by atoms with Crippen LogP contribution in [0.15, 0.2) is 48.6 Å². The van der Waals surface area contributed by atoms with Gasteiger partial charge in [-0.1, -0.05) is 30.4 Å². The first-order chi connectivity index (χ1) is 9.40. The van der Waals surface area contributed by atoms with Gasteiger partial charge in [0, 0.05) is 17.0 Å². The lowest BCUT2D eigenvalue weighted by Crippen LogP contribution is -2.19. The number of thiocarbonyl (C=S) groups is 1. The fourth-order valence-electron chi connectivity index (χ4n) is 1.62. The molecule has 20 heavy (non-hydrogen) atoms. The standard InChI is InChI=1S/C12H10NO5PS/c14-13(15)9-5-7-10(8-6-9)18-19(16,17)11-3-1-2-4-12(11)20/h1-8,11H,(H,16,17). The summed E-state index contributed by atoms with van der Waals surface area (Å²) >= 11 is 5.01. The SMILES string of the molecule is O=[N+]([O-])c1ccc(OP(=O)(O)C2C=CC=CC2=S)cc1. The number of non-ortho nitro benzene ring substituents is 1. The van der Waals surface area contributed by atoms with Crippen LogP contribution in [0.1, 0.15) is 0 Å². The zero-order chi connectivity index (χ0) is 14.8. The molecule has 8 heteroatoms. The second-order valence-corrected chi connectivity index (χ2v) is 6.34. The van der Waals surface area contributed by atoms with Crippen molar-refractivity contribution >= 4 is 30.4 Å². The number of benzene rings is 1. The first-order valence-corrected chi connectivity index (χ1v) is 7.61. The predicted octanol–water partition coefficient (Wildman–Crippen LogP) is 3.02. The lowest BCUT2D eigenvalue weighted by molar-refractivity contribution is -0.384. The van der Waals surface area contributed by atoms with Crippen LogP contribution in [-0.2, 0) is 4.57 Å². The van der Waals surface area contributed by atoms with Crippen LogP contribution in [0.4, 0.5) is 5.69 Å². The molecule has 0 radical (unpaired) electrons. The first-order valence-electron chi connectivity index (χ1n) is 5.55. The topological polar surface area (TPSA) is 89.7 Å². The van der Waals surface area contributed by atoms with Gasteiger partial charge in [-0.15, -0.1) is 0 Å². The summed E-state index contributed by atoms with van der Waals surface area (Å²) in [4.78, 5) is 20.2. The summed E-state index contributed by atoms with van der Waals surface area (Å²) in [5.41, 5.74) is -1.01. The summed E-state index contributed by atoms with van der Waals surface area (Å²) in [6, 6.07) is 4.94. The summed E-state index contributed by atoms with van der Waals surface area (Å²) in [5.74, 6) is 0.0761. The molecule has 0 fully saturated rings. The van der Waals surface area contributed by atoms with Gasteiger partial charge in [-0.3, -0.25) is 10.1 Å². The number of nitro benzene ring substituents is 1. The number of hydrogen-bond acceptors (Lipinski definition) is 5. The maximum atomic E-state index is 12.2. The van der Waals surface area contributed by atoms with E-state index in [-0.39, 0.29) is 11.4 Å². The van der Waals surface area contributed by atoms with E-state index < -0.39 is 18.2 Å². The minimum Gasteiger partial charge on any atom is -0.424 e. The van der Waals surface area contributed by atoms with Gasteiger partial charge in [-0.2, -0.15) is 0 Å². The van der Waals surface area contributed by atoms with Crippen LogP contribution >= 0.6 is 19.8 Å². The van der Waals surface area contributed by atoms with E-state index in [0.29, 0.717) is 4.86 Å². The van der Waals surface area contributed by atoms with Gasteiger partial charge in [-0.05, 0) is 18.2 Å². The predicted molar refractivity (Wildman–Crippen MR) is 78.2 cm³/mol. The van der Waals surface area contributed by atoms with Crippen LogP contribution in [-0.4, -0.2) is 20.3 Å². The summed E-state index contributed by atoms with van der Waals surface area (Å²) < 4.78 is 17.3. The largest absolute Gasteiger partial charge is 0.424 e. The molecule has 2 atom stereocenters. The van der Waals surface area contributed by atoms with Gasteiger partial charge in [0.25, 0.3) is 5.69 Å². The summed E-state index contributed by atoms with van der Waals surface area (Å²) in [7, 11) is -4.03. The van der Waals surface area contributed by atoms with E-state index in [1.165, 1.54) is 30.3 Å². The number of allylic oxidation sites excluding steroid dienone is 4. The minimum absolute atomic E-state index is 0.0761. The van der Waals surface area contributed by atoms with E-state index in [1.54, 1.807) is 18.2 Å². The Morgan fingerprint density at radius 1 is 1.30 bits per heavy atom. The van der Waals surface area contributed by atoms with Crippen molar-refractivity contribution in [3.8, 4) is 5.75 Å². The molecule has 2 rings (SSSR count). The Labute approximate surface area is 120 Å². The molecular formula is C12H10NO5PS. The van der Waals surface area contributed by atoms with Crippen molar-refractivity contribution in [2.45, 2.75) is 5.66 Å². The van der Waals surface area contributed by atoms with Gasteiger partial charge in [0.1, 0.15) is 11.4 Å². The third-order valence-electron chi connectivity index (χ3n) is 2.59. The number of nitro groups is 1. The summed E-state index contributed by atoms with van der Waals surface area (Å²) in [6.07, 6.45) is 6.34. The van der Waals surface area contributed by atoms with E-state index in [4.69, 9.17) is 16.7 Å². The third-order valence-corrected chi connectivity index (χ3v) is 4.78. The molecule has 1 aromatic carbocycles. The van der Waals surface area contributed by atoms with Gasteiger partial charge in [0.05, 0.1) is 4.92 Å². The number of rotatable bonds is 4. The van der Waals surface area contributed by atoms with Crippen LogP contribution in [0.3, 0.4) is 0 Å².